The first-order valence-electron chi connectivity index (χ1n) is 12.9. The molecule has 0 heterocycles. The predicted octanol–water partition coefficient (Wildman–Crippen LogP) is 7.79. The number of methoxy groups -OCH3 is 1. The van der Waals surface area contributed by atoms with Crippen molar-refractivity contribution < 1.29 is 26.9 Å². The molecular formula is C27H29ClFN5O7S. The maximum atomic E-state index is 13.2. The van der Waals surface area contributed by atoms with Gasteiger partial charge in [0.15, 0.2) is 5.69 Å². The van der Waals surface area contributed by atoms with Crippen LogP contribution < -0.4 is 9.64 Å². The zero-order valence-corrected chi connectivity index (χ0v) is 24.7. The summed E-state index contributed by atoms with van der Waals surface area (Å²) >= 11 is 6.09. The van der Waals surface area contributed by atoms with Crippen molar-refractivity contribution in [2.24, 2.45) is 10.2 Å². The number of rotatable bonds is 14. The van der Waals surface area contributed by atoms with E-state index in [1.807, 2.05) is 6.07 Å². The molecule has 0 aliphatic rings. The lowest BCUT2D eigenvalue weighted by Gasteiger charge is -2.27. The number of ether oxygens (including phenoxy) is 1. The van der Waals surface area contributed by atoms with E-state index in [9.17, 15) is 32.5 Å². The third-order valence-corrected chi connectivity index (χ3v) is 7.53. The van der Waals surface area contributed by atoms with E-state index in [2.05, 4.69) is 22.1 Å². The predicted molar refractivity (Wildman–Crippen MR) is 157 cm³/mol. The average molecular weight is 622 g/mol. The molecule has 0 aromatic heterocycles. The van der Waals surface area contributed by atoms with E-state index >= 15 is 0 Å². The van der Waals surface area contributed by atoms with E-state index in [1.54, 1.807) is 25.1 Å². The fourth-order valence-corrected chi connectivity index (χ4v) is 4.90. The molecule has 0 unspecified atom stereocenters. The number of anilines is 1. The minimum atomic E-state index is -4.75. The summed E-state index contributed by atoms with van der Waals surface area (Å²) in [4.78, 5) is 22.8. The Balaban J connectivity index is 1.87. The molecule has 0 atom stereocenters. The molecule has 3 rings (SSSR count). The van der Waals surface area contributed by atoms with Crippen molar-refractivity contribution in [3.63, 3.8) is 0 Å². The van der Waals surface area contributed by atoms with Crippen LogP contribution in [0.3, 0.4) is 0 Å². The van der Waals surface area contributed by atoms with Crippen molar-refractivity contribution in [3.05, 3.63) is 84.9 Å². The highest BCUT2D eigenvalue weighted by Crippen LogP contribution is 2.41. The summed E-state index contributed by atoms with van der Waals surface area (Å²) in [7, 11) is -3.24. The number of non-ortho nitro benzene ring substituents is 1. The summed E-state index contributed by atoms with van der Waals surface area (Å²) in [5, 5.41) is 30.4. The summed E-state index contributed by atoms with van der Waals surface area (Å²) in [6.07, 6.45) is 3.22. The quantitative estimate of drug-likeness (QED) is 0.0763. The molecule has 3 aromatic carbocycles. The Morgan fingerprint density at radius 3 is 2.24 bits per heavy atom. The first-order valence-corrected chi connectivity index (χ1v) is 14.6. The molecule has 12 nitrogen and oxygen atoms in total. The van der Waals surface area contributed by atoms with E-state index in [-0.39, 0.29) is 15.6 Å². The largest absolute Gasteiger partial charge is 0.495 e. The normalized spacial score (nSPS) is 11.5. The summed E-state index contributed by atoms with van der Waals surface area (Å²) in [5.41, 5.74) is 1.24. The zero-order chi connectivity index (χ0) is 31.0. The number of unbranched alkanes of at least 4 members (excludes halogenated alkanes) is 1. The number of benzene rings is 3. The number of aryl methyl sites for hydroxylation is 2. The van der Waals surface area contributed by atoms with Gasteiger partial charge in [0.1, 0.15) is 5.75 Å². The van der Waals surface area contributed by atoms with E-state index < -0.39 is 31.4 Å². The zero-order valence-electron chi connectivity index (χ0n) is 23.1. The number of hydrogen-bond acceptors (Lipinski definition) is 10. The highest BCUT2D eigenvalue weighted by atomic mass is 35.5. The Morgan fingerprint density at radius 2 is 1.67 bits per heavy atom. The lowest BCUT2D eigenvalue weighted by molar-refractivity contribution is -0.393. The van der Waals surface area contributed by atoms with E-state index in [0.717, 1.165) is 49.2 Å². The molecule has 3 aromatic rings. The molecule has 0 aliphatic carbocycles. The smallest absolute Gasteiger partial charge is 0.332 e. The van der Waals surface area contributed by atoms with Crippen molar-refractivity contribution >= 4 is 50.3 Å². The third kappa shape index (κ3) is 8.19. The highest BCUT2D eigenvalue weighted by Gasteiger charge is 2.24. The molecule has 42 heavy (non-hydrogen) atoms. The molecule has 0 N–H and O–H groups in total. The molecule has 0 fully saturated rings. The van der Waals surface area contributed by atoms with Gasteiger partial charge in [-0.15, -0.1) is 14.1 Å². The molecule has 0 radical (unpaired) electrons. The fourth-order valence-electron chi connectivity index (χ4n) is 4.19. The summed E-state index contributed by atoms with van der Waals surface area (Å²) < 4.78 is 41.0. The number of nitro benzene ring substituents is 2. The fraction of sp³-hybridized carbons (Fsp3) is 0.333. The van der Waals surface area contributed by atoms with Crippen LogP contribution in [0.2, 0.25) is 5.02 Å². The van der Waals surface area contributed by atoms with Crippen molar-refractivity contribution in [1.29, 1.82) is 0 Å². The molecule has 0 saturated heterocycles. The second kappa shape index (κ2) is 14.1. The first-order chi connectivity index (χ1) is 19.8. The first kappa shape index (κ1) is 32.3. The van der Waals surface area contributed by atoms with Crippen LogP contribution in [0.4, 0.5) is 32.3 Å². The Labute approximate surface area is 247 Å². The molecule has 15 heteroatoms. The van der Waals surface area contributed by atoms with Gasteiger partial charge in [0.2, 0.25) is 0 Å². The van der Waals surface area contributed by atoms with Crippen molar-refractivity contribution in [3.8, 4) is 5.75 Å². The maximum absolute atomic E-state index is 13.2. The van der Waals surface area contributed by atoms with Crippen LogP contribution in [0.1, 0.15) is 37.3 Å². The molecule has 0 spiro atoms. The molecule has 0 amide bonds. The Hall–Kier alpha value is -4.17. The Kier molecular flexibility index (Phi) is 10.9. The Morgan fingerprint density at radius 1 is 1.00 bits per heavy atom. The number of hydrogen-bond donors (Lipinski definition) is 0. The van der Waals surface area contributed by atoms with Crippen LogP contribution in [-0.2, 0) is 16.6 Å². The van der Waals surface area contributed by atoms with Crippen LogP contribution in [0.15, 0.2) is 63.7 Å². The van der Waals surface area contributed by atoms with Gasteiger partial charge >= 0.3 is 15.9 Å². The highest BCUT2D eigenvalue weighted by molar-refractivity contribution is 7.86. The van der Waals surface area contributed by atoms with Gasteiger partial charge in [0.25, 0.3) is 5.69 Å². The molecule has 224 valence electrons. The lowest BCUT2D eigenvalue weighted by atomic mass is 10.1. The van der Waals surface area contributed by atoms with Gasteiger partial charge in [0.05, 0.1) is 44.3 Å². The van der Waals surface area contributed by atoms with Gasteiger partial charge in [-0.2, -0.15) is 8.42 Å². The minimum absolute atomic E-state index is 0.285. The van der Waals surface area contributed by atoms with E-state index in [0.29, 0.717) is 30.0 Å². The average Bonchev–Trinajstić information content (AvgIpc) is 2.93. The lowest BCUT2D eigenvalue weighted by Crippen LogP contribution is -2.26. The second-order valence-corrected chi connectivity index (χ2v) is 11.1. The van der Waals surface area contributed by atoms with Crippen LogP contribution in [0, 0.1) is 27.2 Å². The summed E-state index contributed by atoms with van der Waals surface area (Å²) in [6, 6.07) is 10.9. The Bertz CT molecular complexity index is 1600. The SMILES string of the molecule is CCCCN(CCCc1ccc(S(=O)(=O)F)cc1)c1cc(C)c(N=Nc2c(Cl)cc([N+](=O)[O-])cc2[N+](=O)[O-])cc1OC. The van der Waals surface area contributed by atoms with Gasteiger partial charge < -0.3 is 9.64 Å². The van der Waals surface area contributed by atoms with Crippen molar-refractivity contribution in [2.75, 3.05) is 25.1 Å². The maximum Gasteiger partial charge on any atom is 0.332 e. The van der Waals surface area contributed by atoms with E-state index in [1.165, 1.54) is 19.2 Å². The molecule has 0 bridgehead atoms. The van der Waals surface area contributed by atoms with E-state index in [4.69, 9.17) is 16.3 Å². The van der Waals surface area contributed by atoms with Crippen LogP contribution in [-0.4, -0.2) is 38.5 Å². The molecular weight excluding hydrogens is 593 g/mol. The van der Waals surface area contributed by atoms with Gasteiger partial charge in [0, 0.05) is 25.2 Å². The monoisotopic (exact) mass is 621 g/mol. The minimum Gasteiger partial charge on any atom is -0.495 e. The number of nitro groups is 2. The van der Waals surface area contributed by atoms with Gasteiger partial charge in [-0.3, -0.25) is 20.2 Å². The van der Waals surface area contributed by atoms with Gasteiger partial charge in [-0.05, 0) is 55.5 Å². The topological polar surface area (TPSA) is 158 Å². The third-order valence-electron chi connectivity index (χ3n) is 6.41. The summed E-state index contributed by atoms with van der Waals surface area (Å²) in [5.74, 6) is 0.493. The van der Waals surface area contributed by atoms with Crippen LogP contribution in [0.25, 0.3) is 0 Å². The number of azo groups is 1. The van der Waals surface area contributed by atoms with Crippen LogP contribution >= 0.6 is 11.6 Å². The van der Waals surface area contributed by atoms with Crippen molar-refractivity contribution in [1.82, 2.24) is 0 Å². The summed E-state index contributed by atoms with van der Waals surface area (Å²) in [6.45, 7) is 5.25. The molecule has 0 saturated carbocycles. The van der Waals surface area contributed by atoms with Gasteiger partial charge in [-0.1, -0.05) is 37.1 Å². The van der Waals surface area contributed by atoms with Crippen LogP contribution in [0.5, 0.6) is 5.75 Å². The molecule has 0 aliphatic heterocycles. The standard InChI is InChI=1S/C27H29ClFN5O7S/c1-4-5-12-32(13-6-7-19-8-10-21(11-9-19)42(29,39)40)24-14-18(2)23(17-26(24)41-3)30-31-27-22(28)15-20(33(35)36)16-25(27)34(37)38/h8-11,14-17H,4-7,12-13H2,1-3H3. The van der Waals surface area contributed by atoms with Gasteiger partial charge in [-0.25, -0.2) is 0 Å². The second-order valence-electron chi connectivity index (χ2n) is 9.35. The number of halogens is 2. The number of nitrogens with zero attached hydrogens (tertiary/aromatic N) is 5. The van der Waals surface area contributed by atoms with Crippen molar-refractivity contribution in [2.45, 2.75) is 44.4 Å².